The van der Waals surface area contributed by atoms with Crippen LogP contribution in [0, 0.1) is 5.92 Å². The highest BCUT2D eigenvalue weighted by Crippen LogP contribution is 2.16. The van der Waals surface area contributed by atoms with Gasteiger partial charge < -0.3 is 15.4 Å². The van der Waals surface area contributed by atoms with Gasteiger partial charge in [0.15, 0.2) is 0 Å². The fourth-order valence-corrected chi connectivity index (χ4v) is 2.05. The summed E-state index contributed by atoms with van der Waals surface area (Å²) < 4.78 is 4.75. The Labute approximate surface area is 126 Å². The first kappa shape index (κ1) is 17.0. The molecule has 0 fully saturated rings. The maximum absolute atomic E-state index is 12.1. The van der Waals surface area contributed by atoms with Crippen molar-refractivity contribution >= 4 is 17.7 Å². The van der Waals surface area contributed by atoms with Gasteiger partial charge >= 0.3 is 12.0 Å². The molecule has 0 bridgehead atoms. The van der Waals surface area contributed by atoms with Crippen LogP contribution in [0.3, 0.4) is 0 Å². The fraction of sp³-hybridized carbons (Fsp3) is 0.500. The Hall–Kier alpha value is -2.04. The summed E-state index contributed by atoms with van der Waals surface area (Å²) in [5.41, 5.74) is 1.80. The monoisotopic (exact) mass is 292 g/mol. The number of benzene rings is 1. The number of ether oxygens (including phenoxy) is 1. The Morgan fingerprint density at radius 1 is 1.24 bits per heavy atom. The number of esters is 1. The second kappa shape index (κ2) is 8.29. The van der Waals surface area contributed by atoms with Crippen LogP contribution in [0.4, 0.5) is 10.5 Å². The quantitative estimate of drug-likeness (QED) is 0.792. The molecule has 5 heteroatoms. The average Bonchev–Trinajstić information content (AvgIpc) is 2.51. The topological polar surface area (TPSA) is 67.4 Å². The first-order chi connectivity index (χ1) is 10.0. The summed E-state index contributed by atoms with van der Waals surface area (Å²) in [4.78, 5) is 23.9. The second-order valence-corrected chi connectivity index (χ2v) is 5.00. The van der Waals surface area contributed by atoms with Crippen molar-refractivity contribution in [2.45, 2.75) is 39.7 Å². The molecule has 1 aromatic carbocycles. The molecule has 0 aliphatic heterocycles. The van der Waals surface area contributed by atoms with Crippen LogP contribution in [0.1, 0.15) is 32.8 Å². The smallest absolute Gasteiger partial charge is 0.328 e. The average molecular weight is 292 g/mol. The zero-order valence-corrected chi connectivity index (χ0v) is 13.1. The van der Waals surface area contributed by atoms with Gasteiger partial charge in [-0.1, -0.05) is 45.4 Å². The number of anilines is 1. The van der Waals surface area contributed by atoms with E-state index in [4.69, 9.17) is 4.74 Å². The molecule has 0 saturated heterocycles. The number of rotatable bonds is 6. The van der Waals surface area contributed by atoms with E-state index in [-0.39, 0.29) is 5.92 Å². The molecule has 0 aromatic heterocycles. The first-order valence-corrected chi connectivity index (χ1v) is 7.26. The molecule has 0 saturated carbocycles. The summed E-state index contributed by atoms with van der Waals surface area (Å²) in [6, 6.07) is 6.55. The predicted molar refractivity (Wildman–Crippen MR) is 83.2 cm³/mol. The number of amides is 2. The second-order valence-electron chi connectivity index (χ2n) is 5.00. The number of urea groups is 1. The molecule has 21 heavy (non-hydrogen) atoms. The molecule has 2 amide bonds. The number of nitrogens with one attached hydrogen (secondary N) is 2. The van der Waals surface area contributed by atoms with E-state index in [2.05, 4.69) is 10.6 Å². The lowest BCUT2D eigenvalue weighted by Crippen LogP contribution is -2.47. The van der Waals surface area contributed by atoms with Crippen LogP contribution >= 0.6 is 0 Å². The van der Waals surface area contributed by atoms with Crippen molar-refractivity contribution in [2.24, 2.45) is 5.92 Å². The van der Waals surface area contributed by atoms with Gasteiger partial charge in [-0.25, -0.2) is 9.59 Å². The van der Waals surface area contributed by atoms with Crippen molar-refractivity contribution in [3.63, 3.8) is 0 Å². The van der Waals surface area contributed by atoms with E-state index in [0.717, 1.165) is 24.1 Å². The molecule has 0 heterocycles. The normalized spacial score (nSPS) is 13.1. The Balaban J connectivity index is 2.76. The number of methoxy groups -OCH3 is 1. The molecule has 1 rings (SSSR count). The van der Waals surface area contributed by atoms with E-state index in [1.165, 1.54) is 7.11 Å². The van der Waals surface area contributed by atoms with Crippen molar-refractivity contribution in [2.75, 3.05) is 12.4 Å². The van der Waals surface area contributed by atoms with E-state index < -0.39 is 18.0 Å². The van der Waals surface area contributed by atoms with E-state index in [0.29, 0.717) is 0 Å². The summed E-state index contributed by atoms with van der Waals surface area (Å²) in [5.74, 6) is -0.423. The van der Waals surface area contributed by atoms with Gasteiger partial charge in [-0.3, -0.25) is 0 Å². The van der Waals surface area contributed by atoms with Crippen molar-refractivity contribution in [3.05, 3.63) is 29.8 Å². The number of carbonyl (C=O) groups is 2. The Bertz CT molecular complexity index is 488. The van der Waals surface area contributed by atoms with Gasteiger partial charge in [0.2, 0.25) is 0 Å². The Morgan fingerprint density at radius 3 is 2.48 bits per heavy atom. The lowest BCUT2D eigenvalue weighted by molar-refractivity contribution is -0.144. The highest BCUT2D eigenvalue weighted by Gasteiger charge is 2.26. The van der Waals surface area contributed by atoms with Crippen molar-refractivity contribution < 1.29 is 14.3 Å². The van der Waals surface area contributed by atoms with Gasteiger partial charge in [0.1, 0.15) is 6.04 Å². The lowest BCUT2D eigenvalue weighted by atomic mass is 9.99. The number of hydrogen-bond acceptors (Lipinski definition) is 3. The van der Waals surface area contributed by atoms with Gasteiger partial charge in [-0.2, -0.15) is 0 Å². The number of para-hydroxylation sites is 1. The van der Waals surface area contributed by atoms with Crippen molar-refractivity contribution in [1.29, 1.82) is 0 Å². The SMILES string of the molecule is CCc1ccccc1NC(=O)N[C@@H](C(=O)OC)C(C)CC. The zero-order chi connectivity index (χ0) is 15.8. The molecule has 1 unspecified atom stereocenters. The molecule has 0 aliphatic rings. The lowest BCUT2D eigenvalue weighted by Gasteiger charge is -2.22. The third kappa shape index (κ3) is 4.77. The third-order valence-electron chi connectivity index (χ3n) is 3.60. The van der Waals surface area contributed by atoms with Gasteiger partial charge in [-0.05, 0) is 24.0 Å². The Kier molecular flexibility index (Phi) is 6.72. The molecule has 5 nitrogen and oxygen atoms in total. The van der Waals surface area contributed by atoms with Crippen molar-refractivity contribution in [3.8, 4) is 0 Å². The molecule has 0 spiro atoms. The van der Waals surface area contributed by atoms with Crippen molar-refractivity contribution in [1.82, 2.24) is 5.32 Å². The summed E-state index contributed by atoms with van der Waals surface area (Å²) in [7, 11) is 1.32. The maximum atomic E-state index is 12.1. The summed E-state index contributed by atoms with van der Waals surface area (Å²) in [6.07, 6.45) is 1.59. The minimum Gasteiger partial charge on any atom is -0.467 e. The molecule has 2 N–H and O–H groups in total. The number of carbonyl (C=O) groups excluding carboxylic acids is 2. The number of hydrogen-bond donors (Lipinski definition) is 2. The van der Waals surface area contributed by atoms with Crippen LogP contribution in [0.25, 0.3) is 0 Å². The third-order valence-corrected chi connectivity index (χ3v) is 3.60. The summed E-state index contributed by atoms with van der Waals surface area (Å²) in [5, 5.41) is 5.49. The molecule has 2 atom stereocenters. The standard InChI is InChI=1S/C16H24N2O3/c1-5-11(3)14(15(19)21-4)18-16(20)17-13-10-8-7-9-12(13)6-2/h7-11,14H,5-6H2,1-4H3,(H2,17,18,20)/t11?,14-/m1/s1. The van der Waals surface area contributed by atoms with Crippen LogP contribution < -0.4 is 10.6 Å². The van der Waals surface area contributed by atoms with Crippen LogP contribution in [-0.4, -0.2) is 25.2 Å². The van der Waals surface area contributed by atoms with Crippen LogP contribution in [-0.2, 0) is 16.0 Å². The van der Waals surface area contributed by atoms with Crippen LogP contribution in [0.5, 0.6) is 0 Å². The van der Waals surface area contributed by atoms with Crippen LogP contribution in [0.15, 0.2) is 24.3 Å². The van der Waals surface area contributed by atoms with E-state index in [1.54, 1.807) is 0 Å². The van der Waals surface area contributed by atoms with Gasteiger partial charge in [0.25, 0.3) is 0 Å². The van der Waals surface area contributed by atoms with Gasteiger partial charge in [0, 0.05) is 5.69 Å². The van der Waals surface area contributed by atoms with E-state index >= 15 is 0 Å². The molecule has 1 aromatic rings. The zero-order valence-electron chi connectivity index (χ0n) is 13.1. The predicted octanol–water partition coefficient (Wildman–Crippen LogP) is 2.96. The van der Waals surface area contributed by atoms with Gasteiger partial charge in [-0.15, -0.1) is 0 Å². The van der Waals surface area contributed by atoms with E-state index in [1.807, 2.05) is 45.0 Å². The summed E-state index contributed by atoms with van der Waals surface area (Å²) in [6.45, 7) is 5.89. The highest BCUT2D eigenvalue weighted by molar-refractivity contribution is 5.93. The summed E-state index contributed by atoms with van der Waals surface area (Å²) >= 11 is 0. The van der Waals surface area contributed by atoms with Gasteiger partial charge in [0.05, 0.1) is 7.11 Å². The molecule has 0 radical (unpaired) electrons. The molecule has 0 aliphatic carbocycles. The van der Waals surface area contributed by atoms with E-state index in [9.17, 15) is 9.59 Å². The number of aryl methyl sites for hydroxylation is 1. The molecule has 116 valence electrons. The van der Waals surface area contributed by atoms with Crippen LogP contribution in [0.2, 0.25) is 0 Å². The highest BCUT2D eigenvalue weighted by atomic mass is 16.5. The maximum Gasteiger partial charge on any atom is 0.328 e. The minimum absolute atomic E-state index is 0.00428. The fourth-order valence-electron chi connectivity index (χ4n) is 2.05. The largest absolute Gasteiger partial charge is 0.467 e. The minimum atomic E-state index is -0.645. The Morgan fingerprint density at radius 2 is 1.90 bits per heavy atom. The first-order valence-electron chi connectivity index (χ1n) is 7.26. The molecular formula is C16H24N2O3. The molecular weight excluding hydrogens is 268 g/mol.